The molecule has 0 heterocycles. The SMILES string of the molecule is CCCCCNSc1ccccc1O. The fraction of sp³-hybridized carbons (Fsp3) is 0.455. The lowest BCUT2D eigenvalue weighted by Gasteiger charge is -2.04. The van der Waals surface area contributed by atoms with Crippen molar-refractivity contribution in [1.82, 2.24) is 4.72 Å². The third kappa shape index (κ3) is 4.03. The predicted octanol–water partition coefficient (Wildman–Crippen LogP) is 3.18. The Morgan fingerprint density at radius 3 is 2.79 bits per heavy atom. The van der Waals surface area contributed by atoms with Crippen molar-refractivity contribution in [2.24, 2.45) is 0 Å². The van der Waals surface area contributed by atoms with E-state index < -0.39 is 0 Å². The van der Waals surface area contributed by atoms with E-state index >= 15 is 0 Å². The van der Waals surface area contributed by atoms with Gasteiger partial charge in [0.25, 0.3) is 0 Å². The minimum atomic E-state index is 0.348. The van der Waals surface area contributed by atoms with Gasteiger partial charge >= 0.3 is 0 Å². The molecule has 1 aromatic rings. The third-order valence-electron chi connectivity index (χ3n) is 1.93. The molecule has 2 N–H and O–H groups in total. The van der Waals surface area contributed by atoms with Crippen LogP contribution in [0.1, 0.15) is 26.2 Å². The average Bonchev–Trinajstić information content (AvgIpc) is 2.20. The molecule has 14 heavy (non-hydrogen) atoms. The van der Waals surface area contributed by atoms with Crippen molar-refractivity contribution in [3.63, 3.8) is 0 Å². The van der Waals surface area contributed by atoms with Crippen LogP contribution in [0.5, 0.6) is 5.75 Å². The van der Waals surface area contributed by atoms with Gasteiger partial charge in [-0.1, -0.05) is 31.9 Å². The molecule has 1 rings (SSSR count). The zero-order chi connectivity index (χ0) is 10.2. The number of hydrogen-bond donors (Lipinski definition) is 2. The highest BCUT2D eigenvalue weighted by Gasteiger charge is 1.98. The quantitative estimate of drug-likeness (QED) is 0.560. The second-order valence-electron chi connectivity index (χ2n) is 3.17. The number of phenolic OH excluding ortho intramolecular Hbond substituents is 1. The van der Waals surface area contributed by atoms with Crippen LogP contribution in [0.2, 0.25) is 0 Å². The summed E-state index contributed by atoms with van der Waals surface area (Å²) in [6.07, 6.45) is 3.69. The standard InChI is InChI=1S/C11H17NOS/c1-2-3-6-9-12-14-11-8-5-4-7-10(11)13/h4-5,7-8,12-13H,2-3,6,9H2,1H3. The van der Waals surface area contributed by atoms with Crippen LogP contribution < -0.4 is 4.72 Å². The molecule has 78 valence electrons. The lowest BCUT2D eigenvalue weighted by Crippen LogP contribution is -2.04. The molecule has 0 aliphatic heterocycles. The molecule has 0 aliphatic carbocycles. The first-order valence-corrected chi connectivity index (χ1v) is 5.84. The van der Waals surface area contributed by atoms with Crippen LogP contribution in [-0.2, 0) is 0 Å². The number of benzene rings is 1. The van der Waals surface area contributed by atoms with Gasteiger partial charge in [0.05, 0.1) is 4.90 Å². The molecule has 0 saturated carbocycles. The minimum absolute atomic E-state index is 0.348. The summed E-state index contributed by atoms with van der Waals surface area (Å²) >= 11 is 1.50. The molecular formula is C11H17NOS. The highest BCUT2D eigenvalue weighted by atomic mass is 32.2. The largest absolute Gasteiger partial charge is 0.507 e. The Labute approximate surface area is 89.9 Å². The Morgan fingerprint density at radius 1 is 1.29 bits per heavy atom. The Kier molecular flexibility index (Phi) is 5.49. The molecular weight excluding hydrogens is 194 g/mol. The summed E-state index contributed by atoms with van der Waals surface area (Å²) < 4.78 is 3.23. The lowest BCUT2D eigenvalue weighted by atomic mass is 10.3. The van der Waals surface area contributed by atoms with E-state index in [2.05, 4.69) is 11.6 Å². The fourth-order valence-electron chi connectivity index (χ4n) is 1.12. The first-order valence-electron chi connectivity index (χ1n) is 5.02. The van der Waals surface area contributed by atoms with E-state index in [4.69, 9.17) is 0 Å². The first-order chi connectivity index (χ1) is 6.84. The normalized spacial score (nSPS) is 10.4. The molecule has 0 spiro atoms. The molecule has 0 unspecified atom stereocenters. The van der Waals surface area contributed by atoms with E-state index in [1.807, 2.05) is 18.2 Å². The van der Waals surface area contributed by atoms with E-state index in [9.17, 15) is 5.11 Å². The van der Waals surface area contributed by atoms with Crippen LogP contribution in [0.4, 0.5) is 0 Å². The summed E-state index contributed by atoms with van der Waals surface area (Å²) in [6.45, 7) is 3.18. The van der Waals surface area contributed by atoms with E-state index in [0.717, 1.165) is 11.4 Å². The second kappa shape index (κ2) is 6.74. The maximum atomic E-state index is 9.45. The van der Waals surface area contributed by atoms with Crippen LogP contribution in [0, 0.1) is 0 Å². The Morgan fingerprint density at radius 2 is 2.07 bits per heavy atom. The molecule has 0 amide bonds. The van der Waals surface area contributed by atoms with E-state index in [1.54, 1.807) is 6.07 Å². The molecule has 0 radical (unpaired) electrons. The van der Waals surface area contributed by atoms with Crippen LogP contribution in [0.25, 0.3) is 0 Å². The van der Waals surface area contributed by atoms with Crippen molar-refractivity contribution >= 4 is 11.9 Å². The summed E-state index contributed by atoms with van der Waals surface area (Å²) in [4.78, 5) is 0.893. The number of para-hydroxylation sites is 1. The molecule has 2 nitrogen and oxygen atoms in total. The maximum Gasteiger partial charge on any atom is 0.130 e. The van der Waals surface area contributed by atoms with Gasteiger partial charge in [0.2, 0.25) is 0 Å². The van der Waals surface area contributed by atoms with Gasteiger partial charge in [-0.2, -0.15) is 0 Å². The number of nitrogens with one attached hydrogen (secondary N) is 1. The van der Waals surface area contributed by atoms with Gasteiger partial charge in [0.15, 0.2) is 0 Å². The van der Waals surface area contributed by atoms with Gasteiger partial charge in [0.1, 0.15) is 5.75 Å². The van der Waals surface area contributed by atoms with Crippen LogP contribution in [0.3, 0.4) is 0 Å². The molecule has 0 bridgehead atoms. The van der Waals surface area contributed by atoms with Gasteiger partial charge in [0, 0.05) is 6.54 Å². The van der Waals surface area contributed by atoms with Crippen LogP contribution in [0.15, 0.2) is 29.2 Å². The minimum Gasteiger partial charge on any atom is -0.507 e. The predicted molar refractivity (Wildman–Crippen MR) is 61.5 cm³/mol. The van der Waals surface area contributed by atoms with Crippen molar-refractivity contribution in [1.29, 1.82) is 0 Å². The van der Waals surface area contributed by atoms with E-state index in [1.165, 1.54) is 31.2 Å². The number of aromatic hydroxyl groups is 1. The van der Waals surface area contributed by atoms with E-state index in [-0.39, 0.29) is 0 Å². The van der Waals surface area contributed by atoms with Gasteiger partial charge < -0.3 is 5.11 Å². The van der Waals surface area contributed by atoms with Crippen LogP contribution >= 0.6 is 11.9 Å². The van der Waals surface area contributed by atoms with Crippen LogP contribution in [-0.4, -0.2) is 11.7 Å². The van der Waals surface area contributed by atoms with Crippen molar-refractivity contribution in [3.05, 3.63) is 24.3 Å². The molecule has 3 heteroatoms. The molecule has 0 saturated heterocycles. The summed E-state index contributed by atoms with van der Waals surface area (Å²) in [7, 11) is 0. The van der Waals surface area contributed by atoms with Crippen molar-refractivity contribution in [2.75, 3.05) is 6.54 Å². The highest BCUT2D eigenvalue weighted by Crippen LogP contribution is 2.24. The fourth-order valence-corrected chi connectivity index (χ4v) is 1.84. The Bertz CT molecular complexity index is 265. The van der Waals surface area contributed by atoms with E-state index in [0.29, 0.717) is 5.75 Å². The Hall–Kier alpha value is -0.670. The molecule has 0 atom stereocenters. The van der Waals surface area contributed by atoms with Crippen molar-refractivity contribution < 1.29 is 5.11 Å². The summed E-state index contributed by atoms with van der Waals surface area (Å²) in [5, 5.41) is 9.45. The average molecular weight is 211 g/mol. The molecule has 0 aromatic heterocycles. The van der Waals surface area contributed by atoms with Gasteiger partial charge in [-0.05, 0) is 30.5 Å². The van der Waals surface area contributed by atoms with Gasteiger partial charge in [-0.15, -0.1) is 0 Å². The van der Waals surface area contributed by atoms with Gasteiger partial charge in [-0.25, -0.2) is 0 Å². The molecule has 0 fully saturated rings. The molecule has 0 aliphatic rings. The highest BCUT2D eigenvalue weighted by molar-refractivity contribution is 7.97. The van der Waals surface area contributed by atoms with Crippen molar-refractivity contribution in [2.45, 2.75) is 31.1 Å². The number of hydrogen-bond acceptors (Lipinski definition) is 3. The second-order valence-corrected chi connectivity index (χ2v) is 4.10. The summed E-state index contributed by atoms with van der Waals surface area (Å²) in [6, 6.07) is 7.37. The first kappa shape index (κ1) is 11.4. The molecule has 1 aromatic carbocycles. The third-order valence-corrected chi connectivity index (χ3v) is 2.84. The number of unbranched alkanes of at least 4 members (excludes halogenated alkanes) is 2. The zero-order valence-corrected chi connectivity index (χ0v) is 9.31. The number of phenols is 1. The summed E-state index contributed by atoms with van der Waals surface area (Å²) in [5.41, 5.74) is 0. The monoisotopic (exact) mass is 211 g/mol. The summed E-state index contributed by atoms with van der Waals surface area (Å²) in [5.74, 6) is 0.348. The zero-order valence-electron chi connectivity index (χ0n) is 8.49. The maximum absolute atomic E-state index is 9.45. The Balaban J connectivity index is 2.21. The number of rotatable bonds is 6. The lowest BCUT2D eigenvalue weighted by molar-refractivity contribution is 0.462. The topological polar surface area (TPSA) is 32.3 Å². The smallest absolute Gasteiger partial charge is 0.130 e. The van der Waals surface area contributed by atoms with Crippen molar-refractivity contribution in [3.8, 4) is 5.75 Å². The van der Waals surface area contributed by atoms with Gasteiger partial charge in [-0.3, -0.25) is 4.72 Å².